The molecule has 0 aliphatic heterocycles. The molecule has 0 unspecified atom stereocenters. The Morgan fingerprint density at radius 1 is 1.42 bits per heavy atom. The van der Waals surface area contributed by atoms with Gasteiger partial charge in [0.2, 0.25) is 0 Å². The van der Waals surface area contributed by atoms with Crippen molar-refractivity contribution in [3.05, 3.63) is 40.1 Å². The molecule has 0 aliphatic carbocycles. The molecule has 8 heteroatoms. The standard InChI is InChI=1S/C11H9BrF2N4O/c1-18-10(8(15)4-16-18)11(19)17-9-2-5(12)6(13)3-7(9)14/h2-4H,15H2,1H3,(H,17,19). The number of nitrogens with one attached hydrogen (secondary N) is 1. The van der Waals surface area contributed by atoms with E-state index >= 15 is 0 Å². The molecule has 0 fully saturated rings. The van der Waals surface area contributed by atoms with Crippen LogP contribution in [0, 0.1) is 11.6 Å². The predicted octanol–water partition coefficient (Wildman–Crippen LogP) is 2.30. The third-order valence-electron chi connectivity index (χ3n) is 2.44. The van der Waals surface area contributed by atoms with Crippen molar-refractivity contribution in [3.8, 4) is 0 Å². The number of hydrogen-bond donors (Lipinski definition) is 2. The Bertz CT molecular complexity index is 637. The summed E-state index contributed by atoms with van der Waals surface area (Å²) in [6, 6.07) is 1.81. The van der Waals surface area contributed by atoms with E-state index in [-0.39, 0.29) is 21.5 Å². The maximum absolute atomic E-state index is 13.5. The van der Waals surface area contributed by atoms with E-state index in [1.165, 1.54) is 17.9 Å². The van der Waals surface area contributed by atoms with Crippen LogP contribution in [-0.4, -0.2) is 15.7 Å². The fraction of sp³-hybridized carbons (Fsp3) is 0.0909. The highest BCUT2D eigenvalue weighted by Gasteiger charge is 2.17. The van der Waals surface area contributed by atoms with Crippen LogP contribution in [0.3, 0.4) is 0 Å². The van der Waals surface area contributed by atoms with Crippen molar-refractivity contribution in [2.24, 2.45) is 7.05 Å². The van der Waals surface area contributed by atoms with Crippen molar-refractivity contribution in [1.29, 1.82) is 0 Å². The summed E-state index contributed by atoms with van der Waals surface area (Å²) in [6.45, 7) is 0. The first kappa shape index (κ1) is 13.5. The highest BCUT2D eigenvalue weighted by molar-refractivity contribution is 9.10. The fourth-order valence-corrected chi connectivity index (χ4v) is 1.88. The van der Waals surface area contributed by atoms with E-state index in [0.717, 1.165) is 6.07 Å². The molecular formula is C11H9BrF2N4O. The molecule has 3 N–H and O–H groups in total. The summed E-state index contributed by atoms with van der Waals surface area (Å²) in [5.41, 5.74) is 5.69. The van der Waals surface area contributed by atoms with E-state index in [2.05, 4.69) is 26.3 Å². The molecule has 1 aromatic carbocycles. The zero-order chi connectivity index (χ0) is 14.2. The van der Waals surface area contributed by atoms with Gasteiger partial charge in [0, 0.05) is 13.1 Å². The molecule has 19 heavy (non-hydrogen) atoms. The average molecular weight is 331 g/mol. The molecule has 0 radical (unpaired) electrons. The lowest BCUT2D eigenvalue weighted by Crippen LogP contribution is -2.18. The first-order chi connectivity index (χ1) is 8.90. The van der Waals surface area contributed by atoms with Gasteiger partial charge in [0.1, 0.15) is 17.3 Å². The second-order valence-corrected chi connectivity index (χ2v) is 4.63. The zero-order valence-electron chi connectivity index (χ0n) is 9.75. The lowest BCUT2D eigenvalue weighted by atomic mass is 10.2. The number of nitrogen functional groups attached to an aromatic ring is 1. The zero-order valence-corrected chi connectivity index (χ0v) is 11.3. The lowest BCUT2D eigenvalue weighted by Gasteiger charge is -2.08. The van der Waals surface area contributed by atoms with Gasteiger partial charge < -0.3 is 11.1 Å². The summed E-state index contributed by atoms with van der Waals surface area (Å²) < 4.78 is 27.9. The van der Waals surface area contributed by atoms with Gasteiger partial charge >= 0.3 is 0 Å². The van der Waals surface area contributed by atoms with E-state index in [0.29, 0.717) is 6.07 Å². The molecule has 0 bridgehead atoms. The van der Waals surface area contributed by atoms with Crippen molar-refractivity contribution in [3.63, 3.8) is 0 Å². The minimum absolute atomic E-state index is 0.0437. The molecule has 0 atom stereocenters. The van der Waals surface area contributed by atoms with Gasteiger partial charge in [0.25, 0.3) is 5.91 Å². The molecule has 2 rings (SSSR count). The summed E-state index contributed by atoms with van der Waals surface area (Å²) in [6.07, 6.45) is 1.31. The van der Waals surface area contributed by atoms with Crippen LogP contribution < -0.4 is 11.1 Å². The molecule has 0 saturated heterocycles. The van der Waals surface area contributed by atoms with Crippen LogP contribution in [0.15, 0.2) is 22.8 Å². The summed E-state index contributed by atoms with van der Waals surface area (Å²) in [4.78, 5) is 11.9. The van der Waals surface area contributed by atoms with Crippen molar-refractivity contribution < 1.29 is 13.6 Å². The number of hydrogen-bond acceptors (Lipinski definition) is 3. The number of nitrogens with two attached hydrogens (primary N) is 1. The quantitative estimate of drug-likeness (QED) is 0.830. The molecule has 0 saturated carbocycles. The number of halogens is 3. The third-order valence-corrected chi connectivity index (χ3v) is 3.05. The van der Waals surface area contributed by atoms with E-state index in [4.69, 9.17) is 5.73 Å². The van der Waals surface area contributed by atoms with Gasteiger partial charge in [-0.3, -0.25) is 9.48 Å². The smallest absolute Gasteiger partial charge is 0.276 e. The van der Waals surface area contributed by atoms with Gasteiger partial charge in [-0.2, -0.15) is 5.10 Å². The molecule has 5 nitrogen and oxygen atoms in total. The number of rotatable bonds is 2. The maximum atomic E-state index is 13.5. The van der Waals surface area contributed by atoms with Crippen LogP contribution in [-0.2, 0) is 7.05 Å². The van der Waals surface area contributed by atoms with Gasteiger partial charge in [0.15, 0.2) is 0 Å². The number of amides is 1. The van der Waals surface area contributed by atoms with E-state index < -0.39 is 17.5 Å². The third kappa shape index (κ3) is 2.58. The number of carbonyl (C=O) groups excluding carboxylic acids is 1. The fourth-order valence-electron chi connectivity index (χ4n) is 1.53. The molecule has 0 aliphatic rings. The van der Waals surface area contributed by atoms with E-state index in [9.17, 15) is 13.6 Å². The Morgan fingerprint density at radius 3 is 2.68 bits per heavy atom. The molecule has 1 aromatic heterocycles. The van der Waals surface area contributed by atoms with Gasteiger partial charge in [0.05, 0.1) is 22.0 Å². The van der Waals surface area contributed by atoms with Crippen LogP contribution in [0.1, 0.15) is 10.5 Å². The molecule has 1 heterocycles. The van der Waals surface area contributed by atoms with E-state index in [1.807, 2.05) is 0 Å². The summed E-state index contributed by atoms with van der Waals surface area (Å²) in [7, 11) is 1.53. The summed E-state index contributed by atoms with van der Waals surface area (Å²) >= 11 is 2.91. The van der Waals surface area contributed by atoms with Crippen molar-refractivity contribution in [2.45, 2.75) is 0 Å². The first-order valence-corrected chi connectivity index (χ1v) is 5.93. The van der Waals surface area contributed by atoms with Gasteiger partial charge in [-0.15, -0.1) is 0 Å². The Labute approximate surface area is 115 Å². The van der Waals surface area contributed by atoms with Crippen molar-refractivity contribution >= 4 is 33.2 Å². The predicted molar refractivity (Wildman–Crippen MR) is 69.6 cm³/mol. The molecule has 0 spiro atoms. The Morgan fingerprint density at radius 2 is 2.11 bits per heavy atom. The highest BCUT2D eigenvalue weighted by Crippen LogP contribution is 2.24. The second kappa shape index (κ2) is 4.96. The van der Waals surface area contributed by atoms with Crippen LogP contribution in [0.2, 0.25) is 0 Å². The van der Waals surface area contributed by atoms with Gasteiger partial charge in [-0.25, -0.2) is 8.78 Å². The second-order valence-electron chi connectivity index (χ2n) is 3.77. The number of benzene rings is 1. The largest absolute Gasteiger partial charge is 0.396 e. The van der Waals surface area contributed by atoms with Crippen LogP contribution >= 0.6 is 15.9 Å². The van der Waals surface area contributed by atoms with Crippen molar-refractivity contribution in [2.75, 3.05) is 11.1 Å². The molecule has 1 amide bonds. The van der Waals surface area contributed by atoms with Crippen LogP contribution in [0.25, 0.3) is 0 Å². The summed E-state index contributed by atoms with van der Waals surface area (Å²) in [5, 5.41) is 6.11. The van der Waals surface area contributed by atoms with Crippen LogP contribution in [0.4, 0.5) is 20.2 Å². The Kier molecular flexibility index (Phi) is 3.52. The minimum Gasteiger partial charge on any atom is -0.396 e. The number of aromatic nitrogens is 2. The van der Waals surface area contributed by atoms with E-state index in [1.54, 1.807) is 0 Å². The molecular weight excluding hydrogens is 322 g/mol. The highest BCUT2D eigenvalue weighted by atomic mass is 79.9. The molecule has 2 aromatic rings. The van der Waals surface area contributed by atoms with Gasteiger partial charge in [-0.05, 0) is 22.0 Å². The summed E-state index contributed by atoms with van der Waals surface area (Å²) in [5.74, 6) is -2.26. The number of nitrogens with zero attached hydrogens (tertiary/aromatic N) is 2. The average Bonchev–Trinajstić information content (AvgIpc) is 2.66. The molecule has 100 valence electrons. The van der Waals surface area contributed by atoms with Crippen LogP contribution in [0.5, 0.6) is 0 Å². The minimum atomic E-state index is -0.880. The normalized spacial score (nSPS) is 10.5. The maximum Gasteiger partial charge on any atom is 0.276 e. The monoisotopic (exact) mass is 330 g/mol. The SMILES string of the molecule is Cn1ncc(N)c1C(=O)Nc1cc(Br)c(F)cc1F. The Balaban J connectivity index is 2.32. The van der Waals surface area contributed by atoms with Gasteiger partial charge in [-0.1, -0.05) is 0 Å². The lowest BCUT2D eigenvalue weighted by molar-refractivity contribution is 0.101. The number of aryl methyl sites for hydroxylation is 1. The number of carbonyl (C=O) groups is 1. The topological polar surface area (TPSA) is 72.9 Å². The number of anilines is 2. The Hall–Kier alpha value is -1.96. The first-order valence-electron chi connectivity index (χ1n) is 5.13. The van der Waals surface area contributed by atoms with Crippen molar-refractivity contribution in [1.82, 2.24) is 9.78 Å².